The minimum atomic E-state index is -0.0164. The van der Waals surface area contributed by atoms with Gasteiger partial charge in [0.15, 0.2) is 0 Å². The first-order chi connectivity index (χ1) is 14.9. The summed E-state index contributed by atoms with van der Waals surface area (Å²) in [5.74, 6) is 2.34. The van der Waals surface area contributed by atoms with Crippen LogP contribution >= 0.6 is 0 Å². The zero-order chi connectivity index (χ0) is 21.6. The van der Waals surface area contributed by atoms with E-state index in [4.69, 9.17) is 4.42 Å². The van der Waals surface area contributed by atoms with E-state index in [1.807, 2.05) is 4.90 Å². The highest BCUT2D eigenvalue weighted by molar-refractivity contribution is 5.81. The monoisotopic (exact) mass is 429 g/mol. The number of piperidine rings is 1. The lowest BCUT2D eigenvalue weighted by Crippen LogP contribution is -2.45. The Morgan fingerprint density at radius 2 is 1.77 bits per heavy atom. The molecule has 1 aromatic rings. The van der Waals surface area contributed by atoms with Crippen LogP contribution in [0.15, 0.2) is 4.42 Å². The van der Waals surface area contributed by atoms with Crippen molar-refractivity contribution in [3.05, 3.63) is 11.8 Å². The van der Waals surface area contributed by atoms with Gasteiger partial charge in [0, 0.05) is 44.6 Å². The number of nitrogens with zero attached hydrogens (tertiary/aromatic N) is 5. The lowest BCUT2D eigenvalue weighted by molar-refractivity contribution is -0.134. The van der Waals surface area contributed by atoms with E-state index in [1.165, 1.54) is 0 Å². The number of hydrogen-bond donors (Lipinski definition) is 0. The Labute approximate surface area is 184 Å². The van der Waals surface area contributed by atoms with Gasteiger partial charge < -0.3 is 14.2 Å². The van der Waals surface area contributed by atoms with E-state index in [9.17, 15) is 9.59 Å². The summed E-state index contributed by atoms with van der Waals surface area (Å²) in [6.45, 7) is 8.79. The fraction of sp³-hybridized carbons (Fsp3) is 0.826. The third-order valence-corrected chi connectivity index (χ3v) is 7.70. The number of likely N-dealkylation sites (tertiary alicyclic amines) is 3. The first-order valence-electron chi connectivity index (χ1n) is 12.1. The molecule has 3 aliphatic heterocycles. The maximum atomic E-state index is 13.0. The van der Waals surface area contributed by atoms with Crippen LogP contribution in [0.1, 0.15) is 82.5 Å². The quantitative estimate of drug-likeness (QED) is 0.715. The summed E-state index contributed by atoms with van der Waals surface area (Å²) >= 11 is 0. The molecule has 0 radical (unpaired) electrons. The molecule has 31 heavy (non-hydrogen) atoms. The van der Waals surface area contributed by atoms with Gasteiger partial charge in [0.2, 0.25) is 23.6 Å². The summed E-state index contributed by atoms with van der Waals surface area (Å²) < 4.78 is 6.05. The number of amides is 2. The fourth-order valence-electron chi connectivity index (χ4n) is 5.56. The van der Waals surface area contributed by atoms with Crippen molar-refractivity contribution in [1.29, 1.82) is 0 Å². The molecule has 5 rings (SSSR count). The van der Waals surface area contributed by atoms with Gasteiger partial charge in [0.1, 0.15) is 0 Å². The van der Waals surface area contributed by atoms with Crippen LogP contribution in [0.2, 0.25) is 0 Å². The van der Waals surface area contributed by atoms with Crippen LogP contribution in [0, 0.1) is 11.3 Å². The Morgan fingerprint density at radius 3 is 2.39 bits per heavy atom. The summed E-state index contributed by atoms with van der Waals surface area (Å²) in [6.07, 6.45) is 7.22. The van der Waals surface area contributed by atoms with Crippen molar-refractivity contribution in [2.24, 2.45) is 11.3 Å². The van der Waals surface area contributed by atoms with Crippen LogP contribution in [0.4, 0.5) is 0 Å². The minimum Gasteiger partial charge on any atom is -0.423 e. The Balaban J connectivity index is 1.31. The van der Waals surface area contributed by atoms with Crippen molar-refractivity contribution in [1.82, 2.24) is 24.9 Å². The van der Waals surface area contributed by atoms with Crippen LogP contribution in [0.3, 0.4) is 0 Å². The second kappa shape index (κ2) is 8.19. The van der Waals surface area contributed by atoms with Crippen molar-refractivity contribution in [3.63, 3.8) is 0 Å². The first kappa shape index (κ1) is 20.9. The maximum Gasteiger partial charge on any atom is 0.236 e. The van der Waals surface area contributed by atoms with Gasteiger partial charge in [-0.25, -0.2) is 0 Å². The van der Waals surface area contributed by atoms with E-state index in [2.05, 4.69) is 33.8 Å². The van der Waals surface area contributed by atoms with Crippen LogP contribution in [-0.2, 0) is 9.59 Å². The highest BCUT2D eigenvalue weighted by Crippen LogP contribution is 2.49. The third-order valence-electron chi connectivity index (χ3n) is 7.70. The highest BCUT2D eigenvalue weighted by atomic mass is 16.4. The second-order valence-electron chi connectivity index (χ2n) is 10.4. The Bertz CT molecular complexity index is 819. The van der Waals surface area contributed by atoms with E-state index in [0.717, 1.165) is 77.7 Å². The Morgan fingerprint density at radius 1 is 1.06 bits per heavy atom. The standard InChI is InChI=1S/C23H35N5O3/c1-16(2)20-24-25-21(31-20)18-13-23(7-11-27(12-8-23)22(30)17-5-6-17)15-28(18)14-19(29)26-9-3-4-10-26/h16-18H,3-15H2,1-2H3. The predicted octanol–water partition coefficient (Wildman–Crippen LogP) is 2.58. The number of rotatable bonds is 5. The fourth-order valence-corrected chi connectivity index (χ4v) is 5.56. The topological polar surface area (TPSA) is 82.8 Å². The molecule has 0 N–H and O–H groups in total. The largest absolute Gasteiger partial charge is 0.423 e. The summed E-state index contributed by atoms with van der Waals surface area (Å²) in [4.78, 5) is 31.8. The zero-order valence-electron chi connectivity index (χ0n) is 18.9. The van der Waals surface area contributed by atoms with Gasteiger partial charge >= 0.3 is 0 Å². The van der Waals surface area contributed by atoms with Gasteiger partial charge in [0.05, 0.1) is 12.6 Å². The molecule has 0 bridgehead atoms. The first-order valence-corrected chi connectivity index (χ1v) is 12.1. The average Bonchev–Trinajstić information content (AvgIpc) is 3.16. The molecule has 8 heteroatoms. The summed E-state index contributed by atoms with van der Waals surface area (Å²) in [5.41, 5.74) is 0.114. The van der Waals surface area contributed by atoms with E-state index in [-0.39, 0.29) is 29.2 Å². The van der Waals surface area contributed by atoms with Gasteiger partial charge in [-0.15, -0.1) is 10.2 Å². The van der Waals surface area contributed by atoms with Crippen LogP contribution in [0.5, 0.6) is 0 Å². The molecule has 1 aromatic heterocycles. The molecular weight excluding hydrogens is 394 g/mol. The normalized spacial score (nSPS) is 26.4. The minimum absolute atomic E-state index is 0.0164. The SMILES string of the molecule is CC(C)c1nnc(C2CC3(CCN(C(=O)C4CC4)CC3)CN2CC(=O)N2CCCC2)o1. The molecular formula is C23H35N5O3. The van der Waals surface area contributed by atoms with Gasteiger partial charge in [-0.05, 0) is 50.4 Å². The Kier molecular flexibility index (Phi) is 5.52. The summed E-state index contributed by atoms with van der Waals surface area (Å²) in [7, 11) is 0. The van der Waals surface area contributed by atoms with E-state index in [1.54, 1.807) is 0 Å². The third kappa shape index (κ3) is 4.23. The lowest BCUT2D eigenvalue weighted by atomic mass is 9.76. The summed E-state index contributed by atoms with van der Waals surface area (Å²) in [5, 5.41) is 8.63. The van der Waals surface area contributed by atoms with E-state index in [0.29, 0.717) is 24.2 Å². The van der Waals surface area contributed by atoms with Crippen LogP contribution in [0.25, 0.3) is 0 Å². The summed E-state index contributed by atoms with van der Waals surface area (Å²) in [6, 6.07) is -0.0164. The predicted molar refractivity (Wildman–Crippen MR) is 114 cm³/mol. The van der Waals surface area contributed by atoms with E-state index >= 15 is 0 Å². The number of carbonyl (C=O) groups excluding carboxylic acids is 2. The molecule has 1 saturated carbocycles. The molecule has 3 saturated heterocycles. The molecule has 4 fully saturated rings. The van der Waals surface area contributed by atoms with Crippen molar-refractivity contribution in [2.75, 3.05) is 39.3 Å². The van der Waals surface area contributed by atoms with Crippen molar-refractivity contribution >= 4 is 11.8 Å². The maximum absolute atomic E-state index is 13.0. The molecule has 1 atom stereocenters. The molecule has 4 heterocycles. The van der Waals surface area contributed by atoms with Crippen LogP contribution < -0.4 is 0 Å². The van der Waals surface area contributed by atoms with Crippen molar-refractivity contribution in [3.8, 4) is 0 Å². The van der Waals surface area contributed by atoms with Gasteiger partial charge in [0.25, 0.3) is 0 Å². The molecule has 8 nitrogen and oxygen atoms in total. The number of hydrogen-bond acceptors (Lipinski definition) is 6. The smallest absolute Gasteiger partial charge is 0.236 e. The van der Waals surface area contributed by atoms with Crippen molar-refractivity contribution < 1.29 is 14.0 Å². The van der Waals surface area contributed by atoms with Gasteiger partial charge in [-0.3, -0.25) is 14.5 Å². The second-order valence-corrected chi connectivity index (χ2v) is 10.4. The number of aromatic nitrogens is 2. The molecule has 0 aromatic carbocycles. The molecule has 1 aliphatic carbocycles. The highest BCUT2D eigenvalue weighted by Gasteiger charge is 2.49. The molecule has 170 valence electrons. The molecule has 4 aliphatic rings. The van der Waals surface area contributed by atoms with Crippen molar-refractivity contribution in [2.45, 2.75) is 70.8 Å². The molecule has 1 unspecified atom stereocenters. The number of carbonyl (C=O) groups is 2. The molecule has 1 spiro atoms. The lowest BCUT2D eigenvalue weighted by Gasteiger charge is -2.39. The van der Waals surface area contributed by atoms with E-state index < -0.39 is 0 Å². The van der Waals surface area contributed by atoms with Gasteiger partial charge in [-0.2, -0.15) is 0 Å². The van der Waals surface area contributed by atoms with Gasteiger partial charge in [-0.1, -0.05) is 13.8 Å². The average molecular weight is 430 g/mol. The van der Waals surface area contributed by atoms with Crippen LogP contribution in [-0.4, -0.2) is 76.0 Å². The Hall–Kier alpha value is -1.96. The zero-order valence-corrected chi connectivity index (χ0v) is 18.9. The molecule has 2 amide bonds.